The number of hydrogen-bond donors (Lipinski definition) is 0. The molecule has 0 unspecified atom stereocenters. The molecule has 0 atom stereocenters. The molecule has 1 aromatic carbocycles. The van der Waals surface area contributed by atoms with E-state index in [1.165, 1.54) is 17.6 Å². The van der Waals surface area contributed by atoms with Crippen LogP contribution in [0.1, 0.15) is 20.9 Å². The van der Waals surface area contributed by atoms with Crippen molar-refractivity contribution in [2.75, 3.05) is 26.2 Å². The Balaban J connectivity index is 1.43. The van der Waals surface area contributed by atoms with Crippen molar-refractivity contribution in [3.05, 3.63) is 53.4 Å². The van der Waals surface area contributed by atoms with E-state index in [0.717, 1.165) is 10.2 Å². The van der Waals surface area contributed by atoms with E-state index in [9.17, 15) is 9.59 Å². The lowest BCUT2D eigenvalue weighted by Gasteiger charge is -2.34. The fourth-order valence-corrected chi connectivity index (χ4v) is 3.56. The first kappa shape index (κ1) is 14.9. The molecular weight excluding hydrogens is 326 g/mol. The van der Waals surface area contributed by atoms with Crippen molar-refractivity contribution in [3.8, 4) is 0 Å². The fraction of sp³-hybridized carbons (Fsp3) is 0.235. The summed E-state index contributed by atoms with van der Waals surface area (Å²) in [6.07, 6.45) is 1.49. The molecule has 0 spiro atoms. The number of furan rings is 1. The third kappa shape index (κ3) is 2.67. The van der Waals surface area contributed by atoms with Gasteiger partial charge in [0.2, 0.25) is 0 Å². The summed E-state index contributed by atoms with van der Waals surface area (Å²) in [5, 5.41) is 0. The van der Waals surface area contributed by atoms with E-state index in [1.54, 1.807) is 27.4 Å². The second-order valence-electron chi connectivity index (χ2n) is 5.60. The highest BCUT2D eigenvalue weighted by molar-refractivity contribution is 7.16. The van der Waals surface area contributed by atoms with E-state index in [0.29, 0.717) is 37.5 Å². The number of carbonyl (C=O) groups excluding carboxylic acids is 2. The first-order chi connectivity index (χ1) is 11.7. The second-order valence-corrected chi connectivity index (χ2v) is 6.48. The molecule has 2 amide bonds. The minimum atomic E-state index is -0.127. The monoisotopic (exact) mass is 341 g/mol. The van der Waals surface area contributed by atoms with Crippen molar-refractivity contribution in [2.24, 2.45) is 0 Å². The molecule has 4 rings (SSSR count). The lowest BCUT2D eigenvalue weighted by Crippen LogP contribution is -2.50. The Kier molecular flexibility index (Phi) is 3.78. The maximum Gasteiger partial charge on any atom is 0.289 e. The van der Waals surface area contributed by atoms with Crippen LogP contribution in [0.15, 0.2) is 46.5 Å². The molecule has 1 fully saturated rings. The molecule has 2 aromatic heterocycles. The molecule has 0 N–H and O–H groups in total. The Labute approximate surface area is 142 Å². The summed E-state index contributed by atoms with van der Waals surface area (Å²) >= 11 is 1.52. The molecule has 0 radical (unpaired) electrons. The number of hydrogen-bond acceptors (Lipinski definition) is 5. The third-order valence-corrected chi connectivity index (χ3v) is 4.96. The first-order valence-corrected chi connectivity index (χ1v) is 8.55. The molecule has 1 saturated heterocycles. The Bertz CT molecular complexity index is 880. The summed E-state index contributed by atoms with van der Waals surface area (Å²) in [5.41, 5.74) is 3.35. The number of nitrogens with zero attached hydrogens (tertiary/aromatic N) is 3. The van der Waals surface area contributed by atoms with E-state index < -0.39 is 0 Å². The normalized spacial score (nSPS) is 15.0. The van der Waals surface area contributed by atoms with Crippen molar-refractivity contribution in [1.82, 2.24) is 14.8 Å². The highest BCUT2D eigenvalue weighted by Gasteiger charge is 2.26. The van der Waals surface area contributed by atoms with Gasteiger partial charge in [0.1, 0.15) is 0 Å². The standard InChI is InChI=1S/C17H15N3O3S/c21-16(12-3-4-13-15(10-12)24-11-18-13)19-5-7-20(8-6-19)17(22)14-2-1-9-23-14/h1-4,9-11H,5-8H2. The van der Waals surface area contributed by atoms with Gasteiger partial charge in [-0.1, -0.05) is 0 Å². The molecule has 122 valence electrons. The first-order valence-electron chi connectivity index (χ1n) is 7.68. The Hall–Kier alpha value is -2.67. The van der Waals surface area contributed by atoms with Gasteiger partial charge < -0.3 is 14.2 Å². The molecule has 1 aliphatic rings. The van der Waals surface area contributed by atoms with Crippen molar-refractivity contribution in [1.29, 1.82) is 0 Å². The second kappa shape index (κ2) is 6.09. The van der Waals surface area contributed by atoms with Crippen LogP contribution in [0.25, 0.3) is 10.2 Å². The van der Waals surface area contributed by atoms with Crippen molar-refractivity contribution >= 4 is 33.4 Å². The van der Waals surface area contributed by atoms with Crippen molar-refractivity contribution in [3.63, 3.8) is 0 Å². The number of amides is 2. The van der Waals surface area contributed by atoms with Crippen LogP contribution in [-0.2, 0) is 0 Å². The van der Waals surface area contributed by atoms with Crippen LogP contribution in [0.5, 0.6) is 0 Å². The van der Waals surface area contributed by atoms with Gasteiger partial charge in [-0.2, -0.15) is 0 Å². The molecule has 3 heterocycles. The lowest BCUT2D eigenvalue weighted by molar-refractivity contribution is 0.0518. The topological polar surface area (TPSA) is 66.7 Å². The zero-order valence-electron chi connectivity index (χ0n) is 12.8. The van der Waals surface area contributed by atoms with E-state index in [1.807, 2.05) is 18.2 Å². The molecule has 7 heteroatoms. The molecule has 6 nitrogen and oxygen atoms in total. The quantitative estimate of drug-likeness (QED) is 0.718. The van der Waals surface area contributed by atoms with Gasteiger partial charge in [-0.05, 0) is 30.3 Å². The number of thiazole rings is 1. The van der Waals surface area contributed by atoms with Crippen LogP contribution in [0, 0.1) is 0 Å². The van der Waals surface area contributed by atoms with Gasteiger partial charge in [0.05, 0.1) is 22.0 Å². The number of fused-ring (bicyclic) bond motifs is 1. The van der Waals surface area contributed by atoms with Gasteiger partial charge in [-0.3, -0.25) is 9.59 Å². The van der Waals surface area contributed by atoms with Crippen LogP contribution in [0.2, 0.25) is 0 Å². The van der Waals surface area contributed by atoms with Crippen LogP contribution in [-0.4, -0.2) is 52.8 Å². The predicted molar refractivity (Wildman–Crippen MR) is 90.1 cm³/mol. The Morgan fingerprint density at radius 3 is 2.50 bits per heavy atom. The largest absolute Gasteiger partial charge is 0.459 e. The Morgan fingerprint density at radius 2 is 1.79 bits per heavy atom. The number of piperazine rings is 1. The maximum atomic E-state index is 12.7. The van der Waals surface area contributed by atoms with Gasteiger partial charge in [0.25, 0.3) is 11.8 Å². The minimum Gasteiger partial charge on any atom is -0.459 e. The Morgan fingerprint density at radius 1 is 1.04 bits per heavy atom. The number of rotatable bonds is 2. The zero-order chi connectivity index (χ0) is 16.5. The maximum absolute atomic E-state index is 12.7. The van der Waals surface area contributed by atoms with Gasteiger partial charge in [0, 0.05) is 31.7 Å². The van der Waals surface area contributed by atoms with E-state index in [4.69, 9.17) is 4.42 Å². The average molecular weight is 341 g/mol. The molecular formula is C17H15N3O3S. The predicted octanol–water partition coefficient (Wildman–Crippen LogP) is 2.49. The number of benzene rings is 1. The molecule has 1 aliphatic heterocycles. The fourth-order valence-electron chi connectivity index (χ4n) is 2.84. The summed E-state index contributed by atoms with van der Waals surface area (Å²) < 4.78 is 6.16. The average Bonchev–Trinajstić information content (AvgIpc) is 3.31. The molecule has 0 saturated carbocycles. The summed E-state index contributed by atoms with van der Waals surface area (Å²) in [5.74, 6) is 0.207. The molecule has 0 aliphatic carbocycles. The highest BCUT2D eigenvalue weighted by Crippen LogP contribution is 2.20. The molecule has 0 bridgehead atoms. The van der Waals surface area contributed by atoms with Gasteiger partial charge in [-0.25, -0.2) is 4.98 Å². The van der Waals surface area contributed by atoms with Crippen molar-refractivity contribution < 1.29 is 14.0 Å². The van der Waals surface area contributed by atoms with Crippen LogP contribution in [0.3, 0.4) is 0 Å². The van der Waals surface area contributed by atoms with Crippen LogP contribution < -0.4 is 0 Å². The van der Waals surface area contributed by atoms with Gasteiger partial charge in [-0.15, -0.1) is 11.3 Å². The molecule has 24 heavy (non-hydrogen) atoms. The van der Waals surface area contributed by atoms with Gasteiger partial charge in [0.15, 0.2) is 5.76 Å². The van der Waals surface area contributed by atoms with E-state index in [2.05, 4.69) is 4.98 Å². The van der Waals surface area contributed by atoms with E-state index in [-0.39, 0.29) is 11.8 Å². The van der Waals surface area contributed by atoms with Gasteiger partial charge >= 0.3 is 0 Å². The minimum absolute atomic E-state index is 0.00426. The summed E-state index contributed by atoms with van der Waals surface area (Å²) in [7, 11) is 0. The SMILES string of the molecule is O=C(c1ccc2ncsc2c1)N1CCN(C(=O)c2ccco2)CC1. The highest BCUT2D eigenvalue weighted by atomic mass is 32.1. The van der Waals surface area contributed by atoms with Crippen LogP contribution in [0.4, 0.5) is 0 Å². The van der Waals surface area contributed by atoms with Crippen molar-refractivity contribution in [2.45, 2.75) is 0 Å². The smallest absolute Gasteiger partial charge is 0.289 e. The number of aromatic nitrogens is 1. The number of carbonyl (C=O) groups is 2. The van der Waals surface area contributed by atoms with Crippen LogP contribution >= 0.6 is 11.3 Å². The summed E-state index contributed by atoms with van der Waals surface area (Å²) in [4.78, 5) is 32.6. The van der Waals surface area contributed by atoms with E-state index >= 15 is 0 Å². The summed E-state index contributed by atoms with van der Waals surface area (Å²) in [6.45, 7) is 2.06. The third-order valence-electron chi connectivity index (χ3n) is 4.16. The molecule has 3 aromatic rings. The zero-order valence-corrected chi connectivity index (χ0v) is 13.7. The summed E-state index contributed by atoms with van der Waals surface area (Å²) in [6, 6.07) is 8.92. The lowest BCUT2D eigenvalue weighted by atomic mass is 10.1.